The Labute approximate surface area is 144 Å². The van der Waals surface area contributed by atoms with Gasteiger partial charge in [0.1, 0.15) is 12.4 Å². The summed E-state index contributed by atoms with van der Waals surface area (Å²) in [6.07, 6.45) is 0. The Balaban J connectivity index is 1.75. The van der Waals surface area contributed by atoms with Gasteiger partial charge in [0.05, 0.1) is 6.54 Å². The SMILES string of the molecule is Cc1cccc(OCCN(C)CC(=O)Nc2ccc(C)cc2C)c1. The van der Waals surface area contributed by atoms with Crippen LogP contribution in [0, 0.1) is 20.8 Å². The van der Waals surface area contributed by atoms with Gasteiger partial charge in [-0.2, -0.15) is 0 Å². The van der Waals surface area contributed by atoms with Crippen LogP contribution in [0.15, 0.2) is 42.5 Å². The summed E-state index contributed by atoms with van der Waals surface area (Å²) in [5, 5.41) is 2.96. The molecule has 0 fully saturated rings. The number of rotatable bonds is 7. The van der Waals surface area contributed by atoms with Gasteiger partial charge in [0, 0.05) is 12.2 Å². The Morgan fingerprint density at radius 2 is 1.83 bits per heavy atom. The average molecular weight is 326 g/mol. The van der Waals surface area contributed by atoms with Gasteiger partial charge >= 0.3 is 0 Å². The summed E-state index contributed by atoms with van der Waals surface area (Å²) in [4.78, 5) is 14.1. The summed E-state index contributed by atoms with van der Waals surface area (Å²) in [6.45, 7) is 7.66. The molecule has 128 valence electrons. The summed E-state index contributed by atoms with van der Waals surface area (Å²) in [7, 11) is 1.92. The molecule has 0 aliphatic rings. The third-order valence-corrected chi connectivity index (χ3v) is 3.80. The van der Waals surface area contributed by atoms with Crippen molar-refractivity contribution in [2.45, 2.75) is 20.8 Å². The number of nitrogens with one attached hydrogen (secondary N) is 1. The number of likely N-dealkylation sites (N-methyl/N-ethyl adjacent to an activating group) is 1. The van der Waals surface area contributed by atoms with Gasteiger partial charge in [0.15, 0.2) is 0 Å². The maximum Gasteiger partial charge on any atom is 0.238 e. The second-order valence-corrected chi connectivity index (χ2v) is 6.27. The number of carbonyl (C=O) groups excluding carboxylic acids is 1. The number of amides is 1. The first-order valence-electron chi connectivity index (χ1n) is 8.19. The number of hydrogen-bond donors (Lipinski definition) is 1. The van der Waals surface area contributed by atoms with Gasteiger partial charge in [-0.15, -0.1) is 0 Å². The van der Waals surface area contributed by atoms with Crippen molar-refractivity contribution in [3.8, 4) is 5.75 Å². The third kappa shape index (κ3) is 5.70. The zero-order chi connectivity index (χ0) is 17.5. The first-order chi connectivity index (χ1) is 11.4. The van der Waals surface area contributed by atoms with Crippen LogP contribution in [-0.4, -0.2) is 37.6 Å². The summed E-state index contributed by atoms with van der Waals surface area (Å²) < 4.78 is 5.72. The molecular formula is C20H26N2O2. The molecule has 2 aromatic rings. The minimum atomic E-state index is -0.0139. The van der Waals surface area contributed by atoms with Crippen LogP contribution in [0.3, 0.4) is 0 Å². The molecule has 4 nitrogen and oxygen atoms in total. The van der Waals surface area contributed by atoms with Crippen LogP contribution in [0.2, 0.25) is 0 Å². The van der Waals surface area contributed by atoms with Crippen LogP contribution in [0.4, 0.5) is 5.69 Å². The molecule has 0 aliphatic carbocycles. The predicted octanol–water partition coefficient (Wildman–Crippen LogP) is 3.56. The second-order valence-electron chi connectivity index (χ2n) is 6.27. The van der Waals surface area contributed by atoms with E-state index in [1.165, 1.54) is 11.1 Å². The van der Waals surface area contributed by atoms with Crippen molar-refractivity contribution < 1.29 is 9.53 Å². The molecule has 0 saturated heterocycles. The number of carbonyl (C=O) groups is 1. The minimum Gasteiger partial charge on any atom is -0.492 e. The quantitative estimate of drug-likeness (QED) is 0.846. The first kappa shape index (κ1) is 18.0. The maximum atomic E-state index is 12.1. The normalized spacial score (nSPS) is 10.7. The number of anilines is 1. The zero-order valence-electron chi connectivity index (χ0n) is 14.9. The Morgan fingerprint density at radius 3 is 2.54 bits per heavy atom. The number of nitrogens with zero attached hydrogens (tertiary/aromatic N) is 1. The molecule has 0 saturated carbocycles. The molecule has 0 radical (unpaired) electrons. The van der Waals surface area contributed by atoms with Crippen LogP contribution < -0.4 is 10.1 Å². The molecule has 0 atom stereocenters. The predicted molar refractivity (Wildman–Crippen MR) is 98.7 cm³/mol. The van der Waals surface area contributed by atoms with Crippen LogP contribution in [0.25, 0.3) is 0 Å². The number of ether oxygens (including phenoxy) is 1. The summed E-state index contributed by atoms with van der Waals surface area (Å²) >= 11 is 0. The molecule has 1 N–H and O–H groups in total. The smallest absolute Gasteiger partial charge is 0.238 e. The Bertz CT molecular complexity index is 698. The van der Waals surface area contributed by atoms with Crippen molar-refractivity contribution in [2.24, 2.45) is 0 Å². The highest BCUT2D eigenvalue weighted by Gasteiger charge is 2.08. The fourth-order valence-electron chi connectivity index (χ4n) is 2.49. The van der Waals surface area contributed by atoms with E-state index in [-0.39, 0.29) is 5.91 Å². The van der Waals surface area contributed by atoms with Crippen molar-refractivity contribution in [2.75, 3.05) is 32.1 Å². The van der Waals surface area contributed by atoms with Gasteiger partial charge in [0.2, 0.25) is 5.91 Å². The molecule has 2 aromatic carbocycles. The average Bonchev–Trinajstić information content (AvgIpc) is 2.50. The van der Waals surface area contributed by atoms with Crippen LogP contribution >= 0.6 is 0 Å². The lowest BCUT2D eigenvalue weighted by Gasteiger charge is -2.17. The van der Waals surface area contributed by atoms with E-state index in [1.807, 2.05) is 69.1 Å². The maximum absolute atomic E-state index is 12.1. The van der Waals surface area contributed by atoms with E-state index in [0.717, 1.165) is 17.0 Å². The summed E-state index contributed by atoms with van der Waals surface area (Å²) in [6, 6.07) is 14.0. The lowest BCUT2D eigenvalue weighted by molar-refractivity contribution is -0.117. The van der Waals surface area contributed by atoms with Gasteiger partial charge in [-0.25, -0.2) is 0 Å². The van der Waals surface area contributed by atoms with Gasteiger partial charge in [-0.3, -0.25) is 9.69 Å². The molecule has 0 spiro atoms. The van der Waals surface area contributed by atoms with Crippen molar-refractivity contribution in [1.82, 2.24) is 4.90 Å². The fraction of sp³-hybridized carbons (Fsp3) is 0.350. The zero-order valence-corrected chi connectivity index (χ0v) is 14.9. The highest BCUT2D eigenvalue weighted by Crippen LogP contribution is 2.16. The Hall–Kier alpha value is -2.33. The number of aryl methyl sites for hydroxylation is 3. The van der Waals surface area contributed by atoms with E-state index >= 15 is 0 Å². The Morgan fingerprint density at radius 1 is 1.08 bits per heavy atom. The van der Waals surface area contributed by atoms with Gasteiger partial charge in [-0.05, 0) is 57.1 Å². The van der Waals surface area contributed by atoms with Gasteiger partial charge in [-0.1, -0.05) is 29.8 Å². The first-order valence-corrected chi connectivity index (χ1v) is 8.19. The van der Waals surface area contributed by atoms with E-state index in [1.54, 1.807) is 0 Å². The second kappa shape index (κ2) is 8.50. The molecule has 0 aliphatic heterocycles. The Kier molecular flexibility index (Phi) is 6.38. The van der Waals surface area contributed by atoms with E-state index in [4.69, 9.17) is 4.74 Å². The van der Waals surface area contributed by atoms with Crippen LogP contribution in [-0.2, 0) is 4.79 Å². The summed E-state index contributed by atoms with van der Waals surface area (Å²) in [5.74, 6) is 0.850. The largest absolute Gasteiger partial charge is 0.492 e. The van der Waals surface area contributed by atoms with Crippen molar-refractivity contribution in [3.63, 3.8) is 0 Å². The van der Waals surface area contributed by atoms with E-state index in [9.17, 15) is 4.79 Å². The van der Waals surface area contributed by atoms with Gasteiger partial charge in [0.25, 0.3) is 0 Å². The standard InChI is InChI=1S/C20H26N2O2/c1-15-6-5-7-18(13-15)24-11-10-22(4)14-20(23)21-19-9-8-16(2)12-17(19)3/h5-9,12-13H,10-11,14H2,1-4H3,(H,21,23). The van der Waals surface area contributed by atoms with E-state index < -0.39 is 0 Å². The van der Waals surface area contributed by atoms with Crippen molar-refractivity contribution in [1.29, 1.82) is 0 Å². The molecule has 4 heteroatoms. The highest BCUT2D eigenvalue weighted by atomic mass is 16.5. The van der Waals surface area contributed by atoms with Gasteiger partial charge < -0.3 is 10.1 Å². The molecular weight excluding hydrogens is 300 g/mol. The molecule has 0 unspecified atom stereocenters. The summed E-state index contributed by atoms with van der Waals surface area (Å²) in [5.41, 5.74) is 4.31. The molecule has 2 rings (SSSR count). The fourth-order valence-corrected chi connectivity index (χ4v) is 2.49. The monoisotopic (exact) mass is 326 g/mol. The van der Waals surface area contributed by atoms with Crippen molar-refractivity contribution >= 4 is 11.6 Å². The minimum absolute atomic E-state index is 0.0139. The third-order valence-electron chi connectivity index (χ3n) is 3.80. The molecule has 1 amide bonds. The van der Waals surface area contributed by atoms with E-state index in [2.05, 4.69) is 11.4 Å². The highest BCUT2D eigenvalue weighted by molar-refractivity contribution is 5.92. The molecule has 0 bridgehead atoms. The lowest BCUT2D eigenvalue weighted by atomic mass is 10.1. The van der Waals surface area contributed by atoms with E-state index in [0.29, 0.717) is 19.7 Å². The van der Waals surface area contributed by atoms with Crippen molar-refractivity contribution in [3.05, 3.63) is 59.2 Å². The molecule has 24 heavy (non-hydrogen) atoms. The lowest BCUT2D eigenvalue weighted by Crippen LogP contribution is -2.33. The van der Waals surface area contributed by atoms with Crippen LogP contribution in [0.5, 0.6) is 5.75 Å². The molecule has 0 heterocycles. The molecule has 0 aromatic heterocycles. The van der Waals surface area contributed by atoms with Crippen LogP contribution in [0.1, 0.15) is 16.7 Å². The number of benzene rings is 2. The topological polar surface area (TPSA) is 41.6 Å². The number of hydrogen-bond acceptors (Lipinski definition) is 3.